The van der Waals surface area contributed by atoms with E-state index in [4.69, 9.17) is 5.11 Å². The molecule has 0 atom stereocenters. The number of hydrogen-bond acceptors (Lipinski definition) is 2. The van der Waals surface area contributed by atoms with Crippen LogP contribution in [0, 0.1) is 12.3 Å². The van der Waals surface area contributed by atoms with Gasteiger partial charge in [-0.25, -0.2) is 0 Å². The van der Waals surface area contributed by atoms with E-state index in [-0.39, 0.29) is 5.91 Å². The first-order valence-electron chi connectivity index (χ1n) is 6.02. The van der Waals surface area contributed by atoms with Crippen molar-refractivity contribution in [3.63, 3.8) is 0 Å². The van der Waals surface area contributed by atoms with Crippen LogP contribution in [0.3, 0.4) is 0 Å². The van der Waals surface area contributed by atoms with Gasteiger partial charge in [0.05, 0.1) is 5.41 Å². The molecule has 0 bridgehead atoms. The molecular weight excluding hydrogens is 310 g/mol. The number of carboxylic acids is 1. The van der Waals surface area contributed by atoms with Crippen LogP contribution in [0.1, 0.15) is 36.2 Å². The molecule has 0 aromatic heterocycles. The first kappa shape index (κ1) is 15.7. The van der Waals surface area contributed by atoms with Crippen molar-refractivity contribution >= 4 is 27.8 Å². The van der Waals surface area contributed by atoms with E-state index in [2.05, 4.69) is 21.2 Å². The van der Waals surface area contributed by atoms with Crippen molar-refractivity contribution in [1.29, 1.82) is 0 Å². The quantitative estimate of drug-likeness (QED) is 0.873. The highest BCUT2D eigenvalue weighted by molar-refractivity contribution is 9.10. The average Bonchev–Trinajstić information content (AvgIpc) is 2.31. The van der Waals surface area contributed by atoms with Crippen LogP contribution in [0.25, 0.3) is 0 Å². The zero-order valence-corrected chi connectivity index (χ0v) is 12.9. The first-order chi connectivity index (χ1) is 8.74. The normalized spacial score (nSPS) is 11.2. The van der Waals surface area contributed by atoms with Crippen LogP contribution in [0.4, 0.5) is 0 Å². The lowest BCUT2D eigenvalue weighted by Crippen LogP contribution is -2.32. The minimum absolute atomic E-state index is 0.181. The van der Waals surface area contributed by atoms with Gasteiger partial charge in [0.15, 0.2) is 0 Å². The molecule has 0 spiro atoms. The fourth-order valence-electron chi connectivity index (χ4n) is 1.53. The third kappa shape index (κ3) is 4.35. The van der Waals surface area contributed by atoms with Gasteiger partial charge in [0.25, 0.3) is 5.91 Å². The maximum atomic E-state index is 12.0. The molecule has 0 heterocycles. The average molecular weight is 328 g/mol. The van der Waals surface area contributed by atoms with E-state index < -0.39 is 11.4 Å². The highest BCUT2D eigenvalue weighted by Crippen LogP contribution is 2.20. The van der Waals surface area contributed by atoms with Crippen LogP contribution in [0.15, 0.2) is 22.7 Å². The number of rotatable bonds is 5. The molecule has 0 aliphatic heterocycles. The summed E-state index contributed by atoms with van der Waals surface area (Å²) < 4.78 is 0.842. The summed E-state index contributed by atoms with van der Waals surface area (Å²) in [5.74, 6) is -1.04. The van der Waals surface area contributed by atoms with Gasteiger partial charge in [0.2, 0.25) is 0 Å². The molecule has 0 saturated carbocycles. The number of carbonyl (C=O) groups excluding carboxylic acids is 1. The molecule has 104 valence electrons. The summed E-state index contributed by atoms with van der Waals surface area (Å²) in [6.45, 7) is 5.49. The maximum absolute atomic E-state index is 12.0. The fraction of sp³-hybridized carbons (Fsp3) is 0.429. The number of amides is 1. The van der Waals surface area contributed by atoms with Gasteiger partial charge >= 0.3 is 5.97 Å². The van der Waals surface area contributed by atoms with E-state index in [1.807, 2.05) is 19.1 Å². The number of carbonyl (C=O) groups is 2. The van der Waals surface area contributed by atoms with Crippen LogP contribution in [-0.4, -0.2) is 23.5 Å². The number of benzene rings is 1. The smallest absolute Gasteiger partial charge is 0.309 e. The van der Waals surface area contributed by atoms with Gasteiger partial charge in [0.1, 0.15) is 0 Å². The van der Waals surface area contributed by atoms with Crippen LogP contribution in [0.5, 0.6) is 0 Å². The number of carboxylic acid groups (broad SMARTS) is 1. The topological polar surface area (TPSA) is 66.4 Å². The molecule has 0 radical (unpaired) electrons. The Hall–Kier alpha value is -1.36. The predicted molar refractivity (Wildman–Crippen MR) is 77.2 cm³/mol. The molecule has 0 fully saturated rings. The summed E-state index contributed by atoms with van der Waals surface area (Å²) in [4.78, 5) is 22.9. The number of halogens is 1. The molecule has 0 unspecified atom stereocenters. The summed E-state index contributed by atoms with van der Waals surface area (Å²) in [6.07, 6.45) is 0.390. The second kappa shape index (κ2) is 6.19. The molecule has 1 rings (SSSR count). The summed E-state index contributed by atoms with van der Waals surface area (Å²) in [5, 5.41) is 11.7. The summed E-state index contributed by atoms with van der Waals surface area (Å²) in [6, 6.07) is 5.49. The summed E-state index contributed by atoms with van der Waals surface area (Å²) >= 11 is 3.33. The van der Waals surface area contributed by atoms with Crippen molar-refractivity contribution in [1.82, 2.24) is 5.32 Å². The fourth-order valence-corrected chi connectivity index (χ4v) is 1.89. The van der Waals surface area contributed by atoms with E-state index >= 15 is 0 Å². The molecule has 1 aromatic carbocycles. The van der Waals surface area contributed by atoms with Crippen LogP contribution >= 0.6 is 15.9 Å². The summed E-state index contributed by atoms with van der Waals surface area (Å²) in [5.41, 5.74) is 0.653. The number of nitrogens with one attached hydrogen (secondary N) is 1. The lowest BCUT2D eigenvalue weighted by Gasteiger charge is -2.19. The van der Waals surface area contributed by atoms with Crippen molar-refractivity contribution in [3.8, 4) is 0 Å². The van der Waals surface area contributed by atoms with Gasteiger partial charge in [-0.3, -0.25) is 9.59 Å². The Morgan fingerprint density at radius 1 is 1.37 bits per heavy atom. The van der Waals surface area contributed by atoms with Crippen molar-refractivity contribution in [3.05, 3.63) is 33.8 Å². The van der Waals surface area contributed by atoms with E-state index in [9.17, 15) is 9.59 Å². The molecule has 4 nitrogen and oxygen atoms in total. The Morgan fingerprint density at radius 2 is 2.00 bits per heavy atom. The molecule has 1 amide bonds. The van der Waals surface area contributed by atoms with Gasteiger partial charge < -0.3 is 10.4 Å². The third-order valence-electron chi connectivity index (χ3n) is 3.06. The van der Waals surface area contributed by atoms with Gasteiger partial charge in [-0.05, 0) is 44.9 Å². The van der Waals surface area contributed by atoms with Crippen molar-refractivity contribution < 1.29 is 14.7 Å². The molecule has 2 N–H and O–H groups in total. The number of hydrogen-bond donors (Lipinski definition) is 2. The maximum Gasteiger partial charge on any atom is 0.309 e. The Labute approximate surface area is 121 Å². The minimum atomic E-state index is -0.861. The van der Waals surface area contributed by atoms with E-state index in [1.165, 1.54) is 0 Å². The Morgan fingerprint density at radius 3 is 2.58 bits per heavy atom. The molecule has 0 saturated heterocycles. The molecule has 5 heteroatoms. The van der Waals surface area contributed by atoms with E-state index in [1.54, 1.807) is 19.9 Å². The predicted octanol–water partition coefficient (Wildman–Crippen LogP) is 2.99. The van der Waals surface area contributed by atoms with Crippen molar-refractivity contribution in [2.75, 3.05) is 6.54 Å². The molecule has 0 aliphatic carbocycles. The number of aryl methyl sites for hydroxylation is 1. The molecule has 1 aromatic rings. The number of aliphatic carboxylic acids is 1. The second-order valence-corrected chi connectivity index (χ2v) is 6.07. The lowest BCUT2D eigenvalue weighted by molar-refractivity contribution is -0.147. The summed E-state index contributed by atoms with van der Waals surface area (Å²) in [7, 11) is 0. The Balaban J connectivity index is 2.62. The third-order valence-corrected chi connectivity index (χ3v) is 3.55. The van der Waals surface area contributed by atoms with Crippen molar-refractivity contribution in [2.45, 2.75) is 27.2 Å². The zero-order valence-electron chi connectivity index (χ0n) is 11.3. The van der Waals surface area contributed by atoms with Gasteiger partial charge in [-0.15, -0.1) is 0 Å². The van der Waals surface area contributed by atoms with Crippen LogP contribution in [0.2, 0.25) is 0 Å². The molecule has 19 heavy (non-hydrogen) atoms. The highest BCUT2D eigenvalue weighted by atomic mass is 79.9. The lowest BCUT2D eigenvalue weighted by atomic mass is 9.89. The Kier molecular flexibility index (Phi) is 5.11. The first-order valence-corrected chi connectivity index (χ1v) is 6.81. The molecular formula is C14H18BrNO3. The van der Waals surface area contributed by atoms with E-state index in [0.29, 0.717) is 18.5 Å². The van der Waals surface area contributed by atoms with Gasteiger partial charge in [0, 0.05) is 16.6 Å². The Bertz CT molecular complexity index is 497. The van der Waals surface area contributed by atoms with Crippen LogP contribution < -0.4 is 5.32 Å². The van der Waals surface area contributed by atoms with Crippen LogP contribution in [-0.2, 0) is 4.79 Å². The zero-order chi connectivity index (χ0) is 14.6. The van der Waals surface area contributed by atoms with Crippen molar-refractivity contribution in [2.24, 2.45) is 5.41 Å². The van der Waals surface area contributed by atoms with Gasteiger partial charge in [-0.1, -0.05) is 22.0 Å². The SMILES string of the molecule is Cc1ccc(Br)cc1C(=O)NCCC(C)(C)C(=O)O. The largest absolute Gasteiger partial charge is 0.481 e. The highest BCUT2D eigenvalue weighted by Gasteiger charge is 2.26. The second-order valence-electron chi connectivity index (χ2n) is 5.15. The van der Waals surface area contributed by atoms with E-state index in [0.717, 1.165) is 10.0 Å². The minimum Gasteiger partial charge on any atom is -0.481 e. The monoisotopic (exact) mass is 327 g/mol. The molecule has 0 aliphatic rings. The van der Waals surface area contributed by atoms with Gasteiger partial charge in [-0.2, -0.15) is 0 Å². The standard InChI is InChI=1S/C14H18BrNO3/c1-9-4-5-10(15)8-11(9)12(17)16-7-6-14(2,3)13(18)19/h4-5,8H,6-7H2,1-3H3,(H,16,17)(H,18,19).